The first-order valence-electron chi connectivity index (χ1n) is 7.62. The van der Waals surface area contributed by atoms with Gasteiger partial charge in [0.1, 0.15) is 17.3 Å². The van der Waals surface area contributed by atoms with Gasteiger partial charge < -0.3 is 19.4 Å². The Morgan fingerprint density at radius 2 is 2.12 bits per heavy atom. The van der Waals surface area contributed by atoms with Gasteiger partial charge in [-0.1, -0.05) is 12.1 Å². The molecule has 0 aliphatic carbocycles. The van der Waals surface area contributed by atoms with Crippen LogP contribution in [0.4, 0.5) is 0 Å². The summed E-state index contributed by atoms with van der Waals surface area (Å²) in [5.41, 5.74) is 1.70. The number of aromatic nitrogens is 3. The molecule has 2 aromatic heterocycles. The lowest BCUT2D eigenvalue weighted by molar-refractivity contribution is 0.0323. The van der Waals surface area contributed by atoms with Crippen LogP contribution in [-0.4, -0.2) is 31.7 Å². The van der Waals surface area contributed by atoms with Gasteiger partial charge >= 0.3 is 5.97 Å². The molecule has 3 rings (SSSR count). The molecule has 2 N–H and O–H groups in total. The first-order chi connectivity index (χ1) is 12.0. The molecule has 0 radical (unpaired) electrons. The minimum absolute atomic E-state index is 0.0663. The second kappa shape index (κ2) is 6.53. The zero-order chi connectivity index (χ0) is 18.0. The molecule has 126 valence electrons. The fourth-order valence-corrected chi connectivity index (χ4v) is 2.46. The van der Waals surface area contributed by atoms with E-state index in [-0.39, 0.29) is 17.2 Å². The maximum atomic E-state index is 12.1. The highest BCUT2D eigenvalue weighted by Gasteiger charge is 2.22. The van der Waals surface area contributed by atoms with Crippen LogP contribution >= 0.6 is 0 Å². The highest BCUT2D eigenvalue weighted by molar-refractivity contribution is 5.88. The van der Waals surface area contributed by atoms with E-state index in [2.05, 4.69) is 9.97 Å². The van der Waals surface area contributed by atoms with Crippen molar-refractivity contribution in [3.05, 3.63) is 59.9 Å². The van der Waals surface area contributed by atoms with E-state index in [1.807, 2.05) is 24.3 Å². The number of nitriles is 1. The third-order valence-corrected chi connectivity index (χ3v) is 3.82. The van der Waals surface area contributed by atoms with E-state index >= 15 is 0 Å². The van der Waals surface area contributed by atoms with E-state index < -0.39 is 12.1 Å². The SMILES string of the molecule is C[C@@H](OC(=O)c1cccn1C)/C(O)=C(\C#N)c1nc2ccccc2[nH]1. The summed E-state index contributed by atoms with van der Waals surface area (Å²) in [7, 11) is 1.71. The fourth-order valence-electron chi connectivity index (χ4n) is 2.46. The Balaban J connectivity index is 1.89. The number of aromatic amines is 1. The Morgan fingerprint density at radius 1 is 1.36 bits per heavy atom. The Labute approximate surface area is 143 Å². The molecule has 0 spiro atoms. The lowest BCUT2D eigenvalue weighted by Crippen LogP contribution is -2.20. The summed E-state index contributed by atoms with van der Waals surface area (Å²) < 4.78 is 6.87. The van der Waals surface area contributed by atoms with E-state index in [9.17, 15) is 15.2 Å². The highest BCUT2D eigenvalue weighted by Crippen LogP contribution is 2.21. The maximum Gasteiger partial charge on any atom is 0.355 e. The Kier molecular flexibility index (Phi) is 4.27. The number of hydrogen-bond acceptors (Lipinski definition) is 5. The fraction of sp³-hybridized carbons (Fsp3) is 0.167. The zero-order valence-corrected chi connectivity index (χ0v) is 13.7. The molecule has 0 saturated heterocycles. The number of nitrogens with one attached hydrogen (secondary N) is 1. The number of imidazole rings is 1. The number of ether oxygens (including phenoxy) is 1. The molecule has 0 unspecified atom stereocenters. The van der Waals surface area contributed by atoms with Gasteiger partial charge in [0.25, 0.3) is 0 Å². The van der Waals surface area contributed by atoms with E-state index in [4.69, 9.17) is 4.74 Å². The molecule has 2 heterocycles. The maximum absolute atomic E-state index is 12.1. The van der Waals surface area contributed by atoms with Gasteiger partial charge in [0, 0.05) is 13.2 Å². The minimum atomic E-state index is -0.995. The van der Waals surface area contributed by atoms with Gasteiger partial charge in [-0.05, 0) is 31.2 Å². The quantitative estimate of drug-likeness (QED) is 0.433. The van der Waals surface area contributed by atoms with Gasteiger partial charge in [-0.3, -0.25) is 0 Å². The lowest BCUT2D eigenvalue weighted by atomic mass is 10.1. The van der Waals surface area contributed by atoms with Crippen LogP contribution in [0, 0.1) is 11.3 Å². The standard InChI is InChI=1S/C18H16N4O3/c1-11(25-18(24)15-8-5-9-22(15)2)16(23)12(10-19)17-20-13-6-3-4-7-14(13)21-17/h3-9,11,23H,1-2H3,(H,20,21)/b16-12-/t11-/m1/s1. The van der Waals surface area contributed by atoms with Crippen molar-refractivity contribution in [3.63, 3.8) is 0 Å². The second-order valence-corrected chi connectivity index (χ2v) is 5.53. The molecule has 0 bridgehead atoms. The average Bonchev–Trinajstić information content (AvgIpc) is 3.21. The van der Waals surface area contributed by atoms with Crippen molar-refractivity contribution in [3.8, 4) is 6.07 Å². The number of H-pyrrole nitrogens is 1. The van der Waals surface area contributed by atoms with Crippen molar-refractivity contribution in [1.29, 1.82) is 5.26 Å². The molecule has 0 aliphatic rings. The Bertz CT molecular complexity index is 974. The van der Waals surface area contributed by atoms with Crippen molar-refractivity contribution in [2.75, 3.05) is 0 Å². The van der Waals surface area contributed by atoms with Crippen LogP contribution in [0.3, 0.4) is 0 Å². The van der Waals surface area contributed by atoms with Crippen molar-refractivity contribution in [1.82, 2.24) is 14.5 Å². The molecule has 7 nitrogen and oxygen atoms in total. The first kappa shape index (κ1) is 16.3. The number of aliphatic hydroxyl groups excluding tert-OH is 1. The Hall–Kier alpha value is -3.53. The molecule has 0 amide bonds. The van der Waals surface area contributed by atoms with Gasteiger partial charge in [0.2, 0.25) is 0 Å². The summed E-state index contributed by atoms with van der Waals surface area (Å²) >= 11 is 0. The number of allylic oxidation sites excluding steroid dienone is 1. The number of rotatable bonds is 4. The van der Waals surface area contributed by atoms with Crippen LogP contribution < -0.4 is 0 Å². The number of carbonyl (C=O) groups excluding carboxylic acids is 1. The second-order valence-electron chi connectivity index (χ2n) is 5.53. The summed E-state index contributed by atoms with van der Waals surface area (Å²) in [6, 6.07) is 12.5. The Morgan fingerprint density at radius 3 is 2.76 bits per heavy atom. The molecule has 7 heteroatoms. The van der Waals surface area contributed by atoms with E-state index in [1.165, 1.54) is 6.92 Å². The molecule has 0 fully saturated rings. The van der Waals surface area contributed by atoms with E-state index in [0.717, 1.165) is 5.52 Å². The number of nitrogens with zero attached hydrogens (tertiary/aromatic N) is 3. The molecule has 1 aromatic carbocycles. The number of aryl methyl sites for hydroxylation is 1. The largest absolute Gasteiger partial charge is 0.507 e. The third kappa shape index (κ3) is 3.10. The predicted octanol–water partition coefficient (Wildman–Crippen LogP) is 2.94. The molecular weight excluding hydrogens is 320 g/mol. The number of para-hydroxylation sites is 2. The topological polar surface area (TPSA) is 104 Å². The van der Waals surface area contributed by atoms with Gasteiger partial charge in [-0.15, -0.1) is 0 Å². The van der Waals surface area contributed by atoms with Crippen LogP contribution in [0.25, 0.3) is 16.6 Å². The number of fused-ring (bicyclic) bond motifs is 1. The molecular formula is C18H16N4O3. The monoisotopic (exact) mass is 336 g/mol. The van der Waals surface area contributed by atoms with E-state index in [0.29, 0.717) is 11.2 Å². The van der Waals surface area contributed by atoms with Gasteiger partial charge in [0.05, 0.1) is 11.0 Å². The third-order valence-electron chi connectivity index (χ3n) is 3.82. The normalized spacial score (nSPS) is 13.2. The summed E-state index contributed by atoms with van der Waals surface area (Å²) in [5, 5.41) is 19.8. The van der Waals surface area contributed by atoms with Crippen molar-refractivity contribution in [2.45, 2.75) is 13.0 Å². The van der Waals surface area contributed by atoms with Gasteiger partial charge in [-0.25, -0.2) is 9.78 Å². The lowest BCUT2D eigenvalue weighted by Gasteiger charge is -2.13. The predicted molar refractivity (Wildman–Crippen MR) is 91.5 cm³/mol. The summed E-state index contributed by atoms with van der Waals surface area (Å²) in [6.45, 7) is 1.50. The molecule has 0 saturated carbocycles. The molecule has 3 aromatic rings. The van der Waals surface area contributed by atoms with Crippen LogP contribution in [-0.2, 0) is 11.8 Å². The van der Waals surface area contributed by atoms with Gasteiger partial charge in [-0.2, -0.15) is 5.26 Å². The number of hydrogen-bond donors (Lipinski definition) is 2. The number of esters is 1. The minimum Gasteiger partial charge on any atom is -0.507 e. The van der Waals surface area contributed by atoms with Crippen LogP contribution in [0.1, 0.15) is 23.2 Å². The summed E-state index contributed by atoms with van der Waals surface area (Å²) in [6.07, 6.45) is 0.719. The average molecular weight is 336 g/mol. The number of carbonyl (C=O) groups is 1. The summed E-state index contributed by atoms with van der Waals surface area (Å²) in [5.74, 6) is -0.722. The molecule has 25 heavy (non-hydrogen) atoms. The van der Waals surface area contributed by atoms with Crippen molar-refractivity contribution < 1.29 is 14.6 Å². The molecule has 0 aliphatic heterocycles. The van der Waals surface area contributed by atoms with Gasteiger partial charge in [0.15, 0.2) is 17.7 Å². The van der Waals surface area contributed by atoms with Crippen molar-refractivity contribution in [2.24, 2.45) is 7.05 Å². The van der Waals surface area contributed by atoms with E-state index in [1.54, 1.807) is 36.0 Å². The first-order valence-corrected chi connectivity index (χ1v) is 7.62. The van der Waals surface area contributed by atoms with Crippen LogP contribution in [0.2, 0.25) is 0 Å². The summed E-state index contributed by atoms with van der Waals surface area (Å²) in [4.78, 5) is 19.4. The van der Waals surface area contributed by atoms with Crippen LogP contribution in [0.15, 0.2) is 48.4 Å². The number of aliphatic hydroxyl groups is 1. The molecule has 1 atom stereocenters. The highest BCUT2D eigenvalue weighted by atomic mass is 16.6. The van der Waals surface area contributed by atoms with Crippen LogP contribution in [0.5, 0.6) is 0 Å². The zero-order valence-electron chi connectivity index (χ0n) is 13.7. The smallest absolute Gasteiger partial charge is 0.355 e. The van der Waals surface area contributed by atoms with Crippen molar-refractivity contribution >= 4 is 22.6 Å². The number of benzene rings is 1.